The van der Waals surface area contributed by atoms with E-state index < -0.39 is 11.9 Å². The Kier molecular flexibility index (Phi) is 4.29. The minimum absolute atomic E-state index is 0.265. The molecule has 0 bridgehead atoms. The number of rotatable bonds is 4. The maximum Gasteiger partial charge on any atom is 0.340 e. The van der Waals surface area contributed by atoms with Crippen molar-refractivity contribution in [3.63, 3.8) is 0 Å². The Morgan fingerprint density at radius 3 is 2.58 bits per heavy atom. The number of oxazole rings is 1. The molecule has 1 heterocycles. The van der Waals surface area contributed by atoms with Crippen LogP contribution in [0.3, 0.4) is 0 Å². The Morgan fingerprint density at radius 2 is 1.83 bits per heavy atom. The number of para-hydroxylation sites is 2. The van der Waals surface area contributed by atoms with Gasteiger partial charge in [0.2, 0.25) is 0 Å². The van der Waals surface area contributed by atoms with Crippen molar-refractivity contribution in [2.75, 3.05) is 11.9 Å². The van der Waals surface area contributed by atoms with Gasteiger partial charge in [0.15, 0.2) is 18.6 Å². The SMILES string of the molecule is Cc1cccc(C)c1NC(=O)COC(=O)c1cccc2ocnc12. The van der Waals surface area contributed by atoms with Crippen LogP contribution >= 0.6 is 0 Å². The van der Waals surface area contributed by atoms with Gasteiger partial charge in [-0.2, -0.15) is 0 Å². The van der Waals surface area contributed by atoms with Crippen LogP contribution in [0.1, 0.15) is 21.5 Å². The maximum absolute atomic E-state index is 12.2. The number of hydrogen-bond donors (Lipinski definition) is 1. The van der Waals surface area contributed by atoms with Crippen LogP contribution in [-0.4, -0.2) is 23.5 Å². The van der Waals surface area contributed by atoms with Crippen molar-refractivity contribution in [3.8, 4) is 0 Å². The molecule has 122 valence electrons. The third-order valence-electron chi connectivity index (χ3n) is 3.66. The lowest BCUT2D eigenvalue weighted by molar-refractivity contribution is -0.119. The van der Waals surface area contributed by atoms with Crippen LogP contribution in [0.25, 0.3) is 11.1 Å². The van der Waals surface area contributed by atoms with Crippen LogP contribution in [0.4, 0.5) is 5.69 Å². The summed E-state index contributed by atoms with van der Waals surface area (Å²) in [4.78, 5) is 28.2. The summed E-state index contributed by atoms with van der Waals surface area (Å²) in [5.41, 5.74) is 3.80. The van der Waals surface area contributed by atoms with E-state index in [2.05, 4.69) is 10.3 Å². The Bertz CT molecular complexity index is 894. The van der Waals surface area contributed by atoms with E-state index in [0.717, 1.165) is 16.8 Å². The standard InChI is InChI=1S/C18H16N2O4/c1-11-5-3-6-12(2)16(11)20-15(21)9-23-18(22)13-7-4-8-14-17(13)19-10-24-14/h3-8,10H,9H2,1-2H3,(H,20,21). The van der Waals surface area contributed by atoms with Crippen molar-refractivity contribution < 1.29 is 18.7 Å². The first-order valence-electron chi connectivity index (χ1n) is 7.41. The van der Waals surface area contributed by atoms with Gasteiger partial charge in [0.1, 0.15) is 5.52 Å². The molecule has 0 aliphatic heterocycles. The van der Waals surface area contributed by atoms with Gasteiger partial charge >= 0.3 is 5.97 Å². The molecule has 3 rings (SSSR count). The first kappa shape index (κ1) is 15.7. The van der Waals surface area contributed by atoms with E-state index in [-0.39, 0.29) is 12.2 Å². The number of amides is 1. The first-order valence-corrected chi connectivity index (χ1v) is 7.41. The van der Waals surface area contributed by atoms with Gasteiger partial charge in [-0.3, -0.25) is 4.79 Å². The molecular weight excluding hydrogens is 308 g/mol. The molecule has 3 aromatic rings. The zero-order valence-electron chi connectivity index (χ0n) is 13.3. The topological polar surface area (TPSA) is 81.4 Å². The van der Waals surface area contributed by atoms with Crippen molar-refractivity contribution in [2.45, 2.75) is 13.8 Å². The minimum atomic E-state index is -0.619. The summed E-state index contributed by atoms with van der Waals surface area (Å²) in [6.07, 6.45) is 1.26. The van der Waals surface area contributed by atoms with Gasteiger partial charge in [-0.15, -0.1) is 0 Å². The minimum Gasteiger partial charge on any atom is -0.452 e. The molecule has 0 aliphatic carbocycles. The number of aromatic nitrogens is 1. The predicted molar refractivity (Wildman–Crippen MR) is 88.8 cm³/mol. The lowest BCUT2D eigenvalue weighted by Gasteiger charge is -2.11. The van der Waals surface area contributed by atoms with Gasteiger partial charge in [0.25, 0.3) is 5.91 Å². The summed E-state index contributed by atoms with van der Waals surface area (Å²) in [5.74, 6) is -1.01. The van der Waals surface area contributed by atoms with Gasteiger partial charge in [0.05, 0.1) is 5.56 Å². The second-order valence-corrected chi connectivity index (χ2v) is 5.40. The molecule has 0 atom stereocenters. The second-order valence-electron chi connectivity index (χ2n) is 5.40. The van der Waals surface area contributed by atoms with Crippen LogP contribution in [0.5, 0.6) is 0 Å². The number of carbonyl (C=O) groups excluding carboxylic acids is 2. The number of fused-ring (bicyclic) bond motifs is 1. The summed E-state index contributed by atoms with van der Waals surface area (Å²) in [6.45, 7) is 3.43. The predicted octanol–water partition coefficient (Wildman–Crippen LogP) is 3.24. The summed E-state index contributed by atoms with van der Waals surface area (Å²) >= 11 is 0. The van der Waals surface area contributed by atoms with E-state index in [9.17, 15) is 9.59 Å². The van der Waals surface area contributed by atoms with Crippen molar-refractivity contribution in [1.82, 2.24) is 4.98 Å². The molecule has 1 amide bonds. The second kappa shape index (κ2) is 6.54. The molecule has 0 spiro atoms. The molecule has 24 heavy (non-hydrogen) atoms. The Balaban J connectivity index is 1.66. The molecule has 6 heteroatoms. The smallest absolute Gasteiger partial charge is 0.340 e. The molecule has 1 N–H and O–H groups in total. The fourth-order valence-corrected chi connectivity index (χ4v) is 2.45. The molecule has 0 fully saturated rings. The summed E-state index contributed by atoms with van der Waals surface area (Å²) < 4.78 is 10.2. The normalized spacial score (nSPS) is 10.6. The molecule has 0 saturated carbocycles. The summed E-state index contributed by atoms with van der Waals surface area (Å²) in [5, 5.41) is 2.77. The van der Waals surface area contributed by atoms with Gasteiger partial charge in [0, 0.05) is 5.69 Å². The third kappa shape index (κ3) is 3.12. The van der Waals surface area contributed by atoms with Crippen molar-refractivity contribution in [1.29, 1.82) is 0 Å². The van der Waals surface area contributed by atoms with Crippen LogP contribution in [0.2, 0.25) is 0 Å². The van der Waals surface area contributed by atoms with Crippen LogP contribution < -0.4 is 5.32 Å². The average molecular weight is 324 g/mol. The largest absolute Gasteiger partial charge is 0.452 e. The lowest BCUT2D eigenvalue weighted by atomic mass is 10.1. The van der Waals surface area contributed by atoms with Crippen molar-refractivity contribution in [3.05, 3.63) is 59.5 Å². The van der Waals surface area contributed by atoms with E-state index >= 15 is 0 Å². The quantitative estimate of drug-likeness (QED) is 0.745. The van der Waals surface area contributed by atoms with Gasteiger partial charge in [-0.05, 0) is 37.1 Å². The van der Waals surface area contributed by atoms with Crippen molar-refractivity contribution in [2.24, 2.45) is 0 Å². The Labute approximate surface area is 138 Å². The van der Waals surface area contributed by atoms with E-state index in [1.165, 1.54) is 6.39 Å². The fourth-order valence-electron chi connectivity index (χ4n) is 2.45. The number of anilines is 1. The number of aryl methyl sites for hydroxylation is 2. The highest BCUT2D eigenvalue weighted by Crippen LogP contribution is 2.20. The molecule has 0 saturated heterocycles. The van der Waals surface area contributed by atoms with Gasteiger partial charge in [-0.25, -0.2) is 9.78 Å². The van der Waals surface area contributed by atoms with E-state index in [1.54, 1.807) is 18.2 Å². The Hall–Kier alpha value is -3.15. The molecule has 1 aromatic heterocycles. The number of benzene rings is 2. The monoisotopic (exact) mass is 324 g/mol. The van der Waals surface area contributed by atoms with E-state index in [0.29, 0.717) is 11.1 Å². The molecule has 2 aromatic carbocycles. The number of esters is 1. The zero-order chi connectivity index (χ0) is 17.1. The number of hydrogen-bond acceptors (Lipinski definition) is 5. The molecular formula is C18H16N2O4. The molecule has 0 radical (unpaired) electrons. The van der Waals surface area contributed by atoms with E-state index in [1.807, 2.05) is 32.0 Å². The highest BCUT2D eigenvalue weighted by atomic mass is 16.5. The Morgan fingerprint density at radius 1 is 1.12 bits per heavy atom. The number of nitrogens with zero attached hydrogens (tertiary/aromatic N) is 1. The van der Waals surface area contributed by atoms with E-state index in [4.69, 9.17) is 9.15 Å². The summed E-state index contributed by atoms with van der Waals surface area (Å²) in [6, 6.07) is 10.7. The van der Waals surface area contributed by atoms with Crippen LogP contribution in [0.15, 0.2) is 47.2 Å². The summed E-state index contributed by atoms with van der Waals surface area (Å²) in [7, 11) is 0. The third-order valence-corrected chi connectivity index (χ3v) is 3.66. The number of nitrogens with one attached hydrogen (secondary N) is 1. The molecule has 6 nitrogen and oxygen atoms in total. The first-order chi connectivity index (χ1) is 11.6. The molecule has 0 aliphatic rings. The fraction of sp³-hybridized carbons (Fsp3) is 0.167. The highest BCUT2D eigenvalue weighted by Gasteiger charge is 2.16. The number of ether oxygens (including phenoxy) is 1. The van der Waals surface area contributed by atoms with Gasteiger partial charge in [-0.1, -0.05) is 24.3 Å². The zero-order valence-corrected chi connectivity index (χ0v) is 13.3. The average Bonchev–Trinajstić information content (AvgIpc) is 3.04. The van der Waals surface area contributed by atoms with Gasteiger partial charge < -0.3 is 14.5 Å². The lowest BCUT2D eigenvalue weighted by Crippen LogP contribution is -2.22. The van der Waals surface area contributed by atoms with Crippen LogP contribution in [-0.2, 0) is 9.53 Å². The van der Waals surface area contributed by atoms with Crippen LogP contribution in [0, 0.1) is 13.8 Å². The van der Waals surface area contributed by atoms with Crippen molar-refractivity contribution >= 4 is 28.7 Å². The number of carbonyl (C=O) groups is 2. The maximum atomic E-state index is 12.2. The highest BCUT2D eigenvalue weighted by molar-refractivity contribution is 6.02. The molecule has 0 unspecified atom stereocenters.